The Morgan fingerprint density at radius 2 is 2.24 bits per heavy atom. The molecule has 0 saturated carbocycles. The Kier molecular flexibility index (Phi) is 4.82. The second kappa shape index (κ2) is 6.60. The lowest BCUT2D eigenvalue weighted by Gasteiger charge is -2.10. The number of hydrogen-bond acceptors (Lipinski definition) is 5. The van der Waals surface area contributed by atoms with Gasteiger partial charge in [0, 0.05) is 23.6 Å². The molecule has 1 N–H and O–H groups in total. The summed E-state index contributed by atoms with van der Waals surface area (Å²) < 4.78 is 10.4. The molecule has 0 amide bonds. The molecular weight excluding hydrogens is 319 g/mol. The Morgan fingerprint density at radius 1 is 1.48 bits per heavy atom. The van der Waals surface area contributed by atoms with Crippen molar-refractivity contribution in [3.8, 4) is 5.75 Å². The zero-order chi connectivity index (χ0) is 15.4. The van der Waals surface area contributed by atoms with Crippen LogP contribution in [0.1, 0.15) is 17.3 Å². The summed E-state index contributed by atoms with van der Waals surface area (Å²) in [5.41, 5.74) is 0.440. The Hall–Kier alpha value is -2.05. The van der Waals surface area contributed by atoms with Crippen LogP contribution in [0, 0.1) is 6.92 Å². The van der Waals surface area contributed by atoms with Gasteiger partial charge in [0.25, 0.3) is 0 Å². The van der Waals surface area contributed by atoms with Crippen molar-refractivity contribution in [3.05, 3.63) is 45.5 Å². The van der Waals surface area contributed by atoms with E-state index in [4.69, 9.17) is 37.6 Å². The molecule has 0 spiro atoms. The van der Waals surface area contributed by atoms with Gasteiger partial charge in [0.05, 0.1) is 5.02 Å². The van der Waals surface area contributed by atoms with Crippen LogP contribution in [-0.2, 0) is 11.4 Å². The third kappa shape index (κ3) is 4.21. The Balaban J connectivity index is 2.26. The number of aromatic nitrogens is 2. The molecule has 1 aromatic heterocycles. The number of carboxylic acids is 1. The summed E-state index contributed by atoms with van der Waals surface area (Å²) in [5, 5.41) is 13.0. The van der Waals surface area contributed by atoms with E-state index >= 15 is 0 Å². The van der Waals surface area contributed by atoms with Crippen LogP contribution in [-0.4, -0.2) is 21.2 Å². The predicted molar refractivity (Wildman–Crippen MR) is 76.5 cm³/mol. The minimum Gasteiger partial charge on any atom is -0.483 e. The van der Waals surface area contributed by atoms with Gasteiger partial charge in [-0.1, -0.05) is 28.4 Å². The first-order valence-corrected chi connectivity index (χ1v) is 6.53. The first-order valence-electron chi connectivity index (χ1n) is 5.77. The highest BCUT2D eigenvalue weighted by atomic mass is 35.5. The van der Waals surface area contributed by atoms with E-state index in [1.54, 1.807) is 13.0 Å². The van der Waals surface area contributed by atoms with E-state index in [0.29, 0.717) is 28.1 Å². The van der Waals surface area contributed by atoms with Gasteiger partial charge in [0.2, 0.25) is 11.7 Å². The molecule has 21 heavy (non-hydrogen) atoms. The number of ether oxygens (including phenoxy) is 1. The minimum absolute atomic E-state index is 0.0343. The van der Waals surface area contributed by atoms with E-state index in [-0.39, 0.29) is 11.6 Å². The maximum absolute atomic E-state index is 10.6. The molecule has 0 radical (unpaired) electrons. The van der Waals surface area contributed by atoms with E-state index in [1.807, 2.05) is 0 Å². The summed E-state index contributed by atoms with van der Waals surface area (Å²) in [4.78, 5) is 14.6. The lowest BCUT2D eigenvalue weighted by Crippen LogP contribution is -2.00. The molecule has 0 aliphatic rings. The molecule has 1 heterocycles. The van der Waals surface area contributed by atoms with E-state index < -0.39 is 5.97 Å². The zero-order valence-electron chi connectivity index (χ0n) is 10.8. The number of carbonyl (C=O) groups is 1. The van der Waals surface area contributed by atoms with Crippen LogP contribution in [0.2, 0.25) is 10.0 Å². The SMILES string of the molecule is Cc1nc(COc2c(Cl)cc(Cl)cc2/C=C/C(=O)O)no1. The van der Waals surface area contributed by atoms with E-state index in [1.165, 1.54) is 12.1 Å². The second-order valence-electron chi connectivity index (χ2n) is 4.00. The van der Waals surface area contributed by atoms with Gasteiger partial charge in [-0.25, -0.2) is 4.79 Å². The third-order valence-corrected chi connectivity index (χ3v) is 2.86. The average Bonchev–Trinajstić information content (AvgIpc) is 2.80. The Bertz CT molecular complexity index is 697. The van der Waals surface area contributed by atoms with Crippen molar-refractivity contribution in [2.45, 2.75) is 13.5 Å². The summed E-state index contributed by atoms with van der Waals surface area (Å²) in [7, 11) is 0. The van der Waals surface area contributed by atoms with Gasteiger partial charge < -0.3 is 14.4 Å². The molecule has 8 heteroatoms. The van der Waals surface area contributed by atoms with Gasteiger partial charge >= 0.3 is 5.97 Å². The summed E-state index contributed by atoms with van der Waals surface area (Å²) >= 11 is 12.0. The lowest BCUT2D eigenvalue weighted by molar-refractivity contribution is -0.131. The molecule has 110 valence electrons. The highest BCUT2D eigenvalue weighted by molar-refractivity contribution is 6.35. The number of benzene rings is 1. The van der Waals surface area contributed by atoms with Gasteiger partial charge in [-0.3, -0.25) is 0 Å². The van der Waals surface area contributed by atoms with Crippen molar-refractivity contribution >= 4 is 35.2 Å². The fraction of sp³-hybridized carbons (Fsp3) is 0.154. The number of rotatable bonds is 5. The van der Waals surface area contributed by atoms with Gasteiger partial charge in [-0.15, -0.1) is 0 Å². The summed E-state index contributed by atoms with van der Waals surface area (Å²) in [5.74, 6) is -0.0275. The zero-order valence-corrected chi connectivity index (χ0v) is 12.4. The largest absolute Gasteiger partial charge is 0.483 e. The highest BCUT2D eigenvalue weighted by Gasteiger charge is 2.11. The van der Waals surface area contributed by atoms with E-state index in [9.17, 15) is 4.79 Å². The molecule has 0 unspecified atom stereocenters. The van der Waals surface area contributed by atoms with Crippen molar-refractivity contribution < 1.29 is 19.2 Å². The van der Waals surface area contributed by atoms with Crippen molar-refractivity contribution in [2.24, 2.45) is 0 Å². The molecular formula is C13H10Cl2N2O4. The fourth-order valence-corrected chi connectivity index (χ4v) is 2.12. The number of carboxylic acid groups (broad SMARTS) is 1. The van der Waals surface area contributed by atoms with Crippen molar-refractivity contribution in [2.75, 3.05) is 0 Å². The smallest absolute Gasteiger partial charge is 0.328 e. The standard InChI is InChI=1S/C13H10Cl2N2O4/c1-7-16-11(17-21-7)6-20-13-8(2-3-12(18)19)4-9(14)5-10(13)15/h2-5H,6H2,1H3,(H,18,19)/b3-2+. The lowest BCUT2D eigenvalue weighted by atomic mass is 10.2. The van der Waals surface area contributed by atoms with Crippen LogP contribution in [0.25, 0.3) is 6.08 Å². The second-order valence-corrected chi connectivity index (χ2v) is 4.84. The van der Waals surface area contributed by atoms with Crippen molar-refractivity contribution in [1.82, 2.24) is 10.1 Å². The molecule has 2 aromatic rings. The summed E-state index contributed by atoms with van der Waals surface area (Å²) in [6.45, 7) is 1.69. The van der Waals surface area contributed by atoms with Gasteiger partial charge in [-0.2, -0.15) is 4.98 Å². The molecule has 2 rings (SSSR count). The topological polar surface area (TPSA) is 85.5 Å². The van der Waals surface area contributed by atoms with Crippen LogP contribution in [0.5, 0.6) is 5.75 Å². The number of hydrogen-bond donors (Lipinski definition) is 1. The maximum atomic E-state index is 10.6. The molecule has 0 aliphatic heterocycles. The number of aryl methyl sites for hydroxylation is 1. The Labute approximate surface area is 129 Å². The quantitative estimate of drug-likeness (QED) is 0.847. The first-order chi connectivity index (χ1) is 9.95. The molecule has 0 bridgehead atoms. The van der Waals surface area contributed by atoms with Gasteiger partial charge in [-0.05, 0) is 18.2 Å². The molecule has 0 aliphatic carbocycles. The van der Waals surface area contributed by atoms with Crippen molar-refractivity contribution in [3.63, 3.8) is 0 Å². The minimum atomic E-state index is -1.09. The van der Waals surface area contributed by atoms with Crippen LogP contribution in [0.3, 0.4) is 0 Å². The molecule has 6 nitrogen and oxygen atoms in total. The summed E-state index contributed by atoms with van der Waals surface area (Å²) in [6, 6.07) is 3.04. The van der Waals surface area contributed by atoms with Gasteiger partial charge in [0.1, 0.15) is 5.75 Å². The number of halogens is 2. The number of aliphatic carboxylic acids is 1. The van der Waals surface area contributed by atoms with Crippen LogP contribution < -0.4 is 4.74 Å². The highest BCUT2D eigenvalue weighted by Crippen LogP contribution is 2.33. The molecule has 0 fully saturated rings. The monoisotopic (exact) mass is 328 g/mol. The predicted octanol–water partition coefficient (Wildman–Crippen LogP) is 3.36. The third-order valence-electron chi connectivity index (χ3n) is 2.36. The van der Waals surface area contributed by atoms with Crippen molar-refractivity contribution in [1.29, 1.82) is 0 Å². The van der Waals surface area contributed by atoms with E-state index in [0.717, 1.165) is 6.08 Å². The maximum Gasteiger partial charge on any atom is 0.328 e. The van der Waals surface area contributed by atoms with E-state index in [2.05, 4.69) is 10.1 Å². The molecule has 0 atom stereocenters. The van der Waals surface area contributed by atoms with Crippen LogP contribution in [0.4, 0.5) is 0 Å². The molecule has 1 aromatic carbocycles. The fourth-order valence-electron chi connectivity index (χ4n) is 1.55. The van der Waals surface area contributed by atoms with Crippen LogP contribution in [0.15, 0.2) is 22.7 Å². The average molecular weight is 329 g/mol. The first kappa shape index (κ1) is 15.3. The normalized spacial score (nSPS) is 11.0. The number of nitrogens with zero attached hydrogens (tertiary/aromatic N) is 2. The molecule has 0 saturated heterocycles. The van der Waals surface area contributed by atoms with Gasteiger partial charge in [0.15, 0.2) is 6.61 Å². The van der Waals surface area contributed by atoms with Crippen LogP contribution >= 0.6 is 23.2 Å². The summed E-state index contributed by atoms with van der Waals surface area (Å²) in [6.07, 6.45) is 2.31. The Morgan fingerprint density at radius 3 is 2.86 bits per heavy atom.